The van der Waals surface area contributed by atoms with Crippen LogP contribution in [0, 0.1) is 0 Å². The predicted molar refractivity (Wildman–Crippen MR) is 73.2 cm³/mol. The molecule has 0 aromatic heterocycles. The van der Waals surface area contributed by atoms with Crippen molar-refractivity contribution in [3.63, 3.8) is 0 Å². The van der Waals surface area contributed by atoms with E-state index >= 15 is 0 Å². The maximum absolute atomic E-state index is 11.4. The van der Waals surface area contributed by atoms with Crippen LogP contribution in [0.1, 0.15) is 12.0 Å². The molecule has 0 saturated carbocycles. The van der Waals surface area contributed by atoms with Gasteiger partial charge in [-0.3, -0.25) is 19.7 Å². The molecule has 0 aliphatic carbocycles. The summed E-state index contributed by atoms with van der Waals surface area (Å²) in [4.78, 5) is 35.9. The van der Waals surface area contributed by atoms with Gasteiger partial charge in [0, 0.05) is 12.1 Å². The number of benzene rings is 1. The second-order valence-corrected chi connectivity index (χ2v) is 4.94. The van der Waals surface area contributed by atoms with E-state index in [1.165, 1.54) is 0 Å². The molecule has 0 atom stereocenters. The minimum atomic E-state index is -0.359. The number of nitrogens with zero attached hydrogens (tertiary/aromatic N) is 1. The molecule has 0 radical (unpaired) electrons. The molecule has 1 fully saturated rings. The molecule has 0 unspecified atom stereocenters. The zero-order valence-corrected chi connectivity index (χ0v) is 10.7. The van der Waals surface area contributed by atoms with E-state index in [0.717, 1.165) is 5.56 Å². The summed E-state index contributed by atoms with van der Waals surface area (Å²) in [6, 6.07) is 3.52. The highest BCUT2D eigenvalue weighted by atomic mass is 16.2. The van der Waals surface area contributed by atoms with Crippen molar-refractivity contribution < 1.29 is 14.4 Å². The highest BCUT2D eigenvalue weighted by molar-refractivity contribution is 6.04. The van der Waals surface area contributed by atoms with Crippen LogP contribution in [0.2, 0.25) is 0 Å². The molecule has 1 aromatic carbocycles. The summed E-state index contributed by atoms with van der Waals surface area (Å²) >= 11 is 0. The second-order valence-electron chi connectivity index (χ2n) is 4.94. The average molecular weight is 274 g/mol. The fourth-order valence-electron chi connectivity index (χ4n) is 2.52. The van der Waals surface area contributed by atoms with Gasteiger partial charge in [-0.1, -0.05) is 0 Å². The Balaban J connectivity index is 1.97. The predicted octanol–water partition coefficient (Wildman–Crippen LogP) is -0.384. The monoisotopic (exact) mass is 274 g/mol. The molecule has 1 aromatic rings. The molecule has 3 amide bonds. The Morgan fingerprint density at radius 3 is 2.35 bits per heavy atom. The largest absolute Gasteiger partial charge is 0.397 e. The van der Waals surface area contributed by atoms with Crippen LogP contribution in [-0.2, 0) is 20.8 Å². The number of nitrogens with two attached hydrogens (primary N) is 1. The number of amides is 3. The molecule has 7 heteroatoms. The van der Waals surface area contributed by atoms with Gasteiger partial charge in [0.05, 0.1) is 24.5 Å². The van der Waals surface area contributed by atoms with Crippen molar-refractivity contribution in [2.45, 2.75) is 12.8 Å². The summed E-state index contributed by atoms with van der Waals surface area (Å²) in [6.45, 7) is 0.144. The van der Waals surface area contributed by atoms with Crippen molar-refractivity contribution in [2.75, 3.05) is 29.0 Å². The number of hydrogen-bond donors (Lipinski definition) is 3. The van der Waals surface area contributed by atoms with E-state index in [9.17, 15) is 14.4 Å². The first-order chi connectivity index (χ1) is 9.52. The summed E-state index contributed by atoms with van der Waals surface area (Å²) < 4.78 is 0. The van der Waals surface area contributed by atoms with Crippen molar-refractivity contribution in [3.8, 4) is 0 Å². The molecule has 0 bridgehead atoms. The SMILES string of the molecule is Nc1cc2c(cc1N1CC(=O)NC(=O)C1)NC(=O)CC2. The summed E-state index contributed by atoms with van der Waals surface area (Å²) in [5.41, 5.74) is 8.77. The molecule has 2 heterocycles. The number of carbonyl (C=O) groups is 3. The van der Waals surface area contributed by atoms with Gasteiger partial charge in [0.1, 0.15) is 0 Å². The van der Waals surface area contributed by atoms with Crippen LogP contribution >= 0.6 is 0 Å². The lowest BCUT2D eigenvalue weighted by molar-refractivity contribution is -0.130. The van der Waals surface area contributed by atoms with E-state index in [1.807, 2.05) is 0 Å². The minimum Gasteiger partial charge on any atom is -0.397 e. The first kappa shape index (κ1) is 12.5. The number of nitrogens with one attached hydrogen (secondary N) is 2. The number of carbonyl (C=O) groups excluding carboxylic acids is 3. The van der Waals surface area contributed by atoms with Gasteiger partial charge in [0.25, 0.3) is 0 Å². The number of anilines is 3. The maximum atomic E-state index is 11.4. The van der Waals surface area contributed by atoms with Crippen molar-refractivity contribution in [1.29, 1.82) is 0 Å². The Morgan fingerprint density at radius 2 is 1.65 bits per heavy atom. The van der Waals surface area contributed by atoms with Crippen molar-refractivity contribution in [1.82, 2.24) is 5.32 Å². The molecule has 2 aliphatic heterocycles. The van der Waals surface area contributed by atoms with Gasteiger partial charge in [-0.15, -0.1) is 0 Å². The third-order valence-electron chi connectivity index (χ3n) is 3.44. The molecule has 1 saturated heterocycles. The molecule has 3 rings (SSSR count). The lowest BCUT2D eigenvalue weighted by Gasteiger charge is -2.30. The Morgan fingerprint density at radius 1 is 0.950 bits per heavy atom. The Kier molecular flexibility index (Phi) is 2.81. The van der Waals surface area contributed by atoms with Gasteiger partial charge < -0.3 is 16.0 Å². The van der Waals surface area contributed by atoms with E-state index in [0.29, 0.717) is 29.9 Å². The van der Waals surface area contributed by atoms with Crippen LogP contribution in [0.25, 0.3) is 0 Å². The zero-order valence-electron chi connectivity index (χ0n) is 10.7. The fourth-order valence-corrected chi connectivity index (χ4v) is 2.52. The fraction of sp³-hybridized carbons (Fsp3) is 0.308. The number of piperazine rings is 1. The van der Waals surface area contributed by atoms with Gasteiger partial charge in [-0.2, -0.15) is 0 Å². The van der Waals surface area contributed by atoms with Crippen LogP contribution in [-0.4, -0.2) is 30.8 Å². The quantitative estimate of drug-likeness (QED) is 0.478. The Bertz CT molecular complexity index is 610. The molecule has 4 N–H and O–H groups in total. The smallest absolute Gasteiger partial charge is 0.246 e. The summed E-state index contributed by atoms with van der Waals surface area (Å²) in [5.74, 6) is -0.759. The lowest BCUT2D eigenvalue weighted by Crippen LogP contribution is -2.51. The van der Waals surface area contributed by atoms with Gasteiger partial charge in [0.2, 0.25) is 17.7 Å². The number of fused-ring (bicyclic) bond motifs is 1. The van der Waals surface area contributed by atoms with Crippen LogP contribution in [0.4, 0.5) is 17.1 Å². The normalized spacial score (nSPS) is 18.4. The van der Waals surface area contributed by atoms with E-state index in [1.54, 1.807) is 17.0 Å². The first-order valence-electron chi connectivity index (χ1n) is 6.33. The maximum Gasteiger partial charge on any atom is 0.246 e. The van der Waals surface area contributed by atoms with E-state index in [-0.39, 0.29) is 30.8 Å². The van der Waals surface area contributed by atoms with Crippen molar-refractivity contribution in [2.24, 2.45) is 0 Å². The minimum absolute atomic E-state index is 0.0410. The zero-order chi connectivity index (χ0) is 14.3. The molecule has 104 valence electrons. The summed E-state index contributed by atoms with van der Waals surface area (Å²) in [6.07, 6.45) is 1.08. The summed E-state index contributed by atoms with van der Waals surface area (Å²) in [5, 5.41) is 5.02. The molecular weight excluding hydrogens is 260 g/mol. The van der Waals surface area contributed by atoms with E-state index in [4.69, 9.17) is 5.73 Å². The second kappa shape index (κ2) is 4.52. The average Bonchev–Trinajstić information content (AvgIpc) is 2.37. The standard InChI is InChI=1S/C13H14N4O3/c14-8-3-7-1-2-11(18)15-9(7)4-10(8)17-5-12(19)16-13(20)6-17/h3-4H,1-2,5-6,14H2,(H,15,18)(H,16,19,20). The molecule has 7 nitrogen and oxygen atoms in total. The molecule has 2 aliphatic rings. The highest BCUT2D eigenvalue weighted by Crippen LogP contribution is 2.33. The van der Waals surface area contributed by atoms with E-state index < -0.39 is 0 Å². The van der Waals surface area contributed by atoms with Crippen LogP contribution in [0.15, 0.2) is 12.1 Å². The third kappa shape index (κ3) is 2.18. The summed E-state index contributed by atoms with van der Waals surface area (Å²) in [7, 11) is 0. The lowest BCUT2D eigenvalue weighted by atomic mass is 10.0. The third-order valence-corrected chi connectivity index (χ3v) is 3.44. The topological polar surface area (TPSA) is 105 Å². The van der Waals surface area contributed by atoms with Crippen LogP contribution in [0.5, 0.6) is 0 Å². The number of nitrogen functional groups attached to an aromatic ring is 1. The van der Waals surface area contributed by atoms with Crippen LogP contribution < -0.4 is 21.3 Å². The van der Waals surface area contributed by atoms with Crippen LogP contribution in [0.3, 0.4) is 0 Å². The van der Waals surface area contributed by atoms with Gasteiger partial charge in [-0.05, 0) is 24.1 Å². The van der Waals surface area contributed by atoms with Gasteiger partial charge in [-0.25, -0.2) is 0 Å². The van der Waals surface area contributed by atoms with E-state index in [2.05, 4.69) is 10.6 Å². The van der Waals surface area contributed by atoms with Gasteiger partial charge >= 0.3 is 0 Å². The van der Waals surface area contributed by atoms with Crippen molar-refractivity contribution >= 4 is 34.8 Å². The number of rotatable bonds is 1. The Hall–Kier alpha value is -2.57. The highest BCUT2D eigenvalue weighted by Gasteiger charge is 2.25. The number of aryl methyl sites for hydroxylation is 1. The Labute approximate surface area is 115 Å². The molecule has 20 heavy (non-hydrogen) atoms. The van der Waals surface area contributed by atoms with Crippen molar-refractivity contribution in [3.05, 3.63) is 17.7 Å². The molecular formula is C13H14N4O3. The van der Waals surface area contributed by atoms with Gasteiger partial charge in [0.15, 0.2) is 0 Å². The molecule has 0 spiro atoms. The first-order valence-corrected chi connectivity index (χ1v) is 6.33. The number of hydrogen-bond acceptors (Lipinski definition) is 5. The number of imide groups is 1.